The van der Waals surface area contributed by atoms with Gasteiger partial charge in [-0.05, 0) is 101 Å². The Balaban J connectivity index is 1.70. The minimum Gasteiger partial charge on any atom is -0.481 e. The predicted molar refractivity (Wildman–Crippen MR) is 140 cm³/mol. The third-order valence-electron chi connectivity index (χ3n) is 9.03. The van der Waals surface area contributed by atoms with E-state index in [1.54, 1.807) is 20.8 Å². The quantitative estimate of drug-likeness (QED) is 0.187. The van der Waals surface area contributed by atoms with Gasteiger partial charge in [-0.3, -0.25) is 19.2 Å². The highest BCUT2D eigenvalue weighted by molar-refractivity contribution is 5.77. The molecule has 11 nitrogen and oxygen atoms in total. The van der Waals surface area contributed by atoms with Crippen LogP contribution < -0.4 is 10.6 Å². The van der Waals surface area contributed by atoms with Gasteiger partial charge < -0.3 is 30.7 Å². The average molecular weight is 553 g/mol. The Morgan fingerprint density at radius 1 is 0.718 bits per heavy atom. The van der Waals surface area contributed by atoms with E-state index in [0.29, 0.717) is 70.8 Å². The molecule has 5 N–H and O–H groups in total. The molecule has 0 aliphatic heterocycles. The summed E-state index contributed by atoms with van der Waals surface area (Å²) in [6, 6.07) is 0. The van der Waals surface area contributed by atoms with Crippen molar-refractivity contribution in [3.05, 3.63) is 0 Å². The van der Waals surface area contributed by atoms with Gasteiger partial charge in [-0.1, -0.05) is 0 Å². The first-order chi connectivity index (χ1) is 18.0. The lowest BCUT2D eigenvalue weighted by atomic mass is 9.61. The number of rotatable bonds is 15. The van der Waals surface area contributed by atoms with Gasteiger partial charge in [0.05, 0.1) is 0 Å². The van der Waals surface area contributed by atoms with Crippen LogP contribution in [0, 0.1) is 16.2 Å². The number of carbonyl (C=O) groups excluding carboxylic acids is 2. The first kappa shape index (κ1) is 30.7. The van der Waals surface area contributed by atoms with Crippen LogP contribution in [0.1, 0.15) is 111 Å². The molecule has 4 saturated carbocycles. The minimum absolute atomic E-state index is 0.0152. The Morgan fingerprint density at radius 2 is 1.23 bits per heavy atom. The Hall–Kier alpha value is -2.85. The van der Waals surface area contributed by atoms with E-state index in [1.165, 1.54) is 0 Å². The van der Waals surface area contributed by atoms with Crippen LogP contribution in [-0.2, 0) is 23.9 Å². The molecule has 2 unspecified atom stereocenters. The molecule has 4 bridgehead atoms. The molecule has 0 aromatic rings. The summed E-state index contributed by atoms with van der Waals surface area (Å²) in [5.41, 5.74) is -2.44. The smallest absolute Gasteiger partial charge is 0.407 e. The topological polar surface area (TPSA) is 179 Å². The summed E-state index contributed by atoms with van der Waals surface area (Å²) >= 11 is 0. The summed E-state index contributed by atoms with van der Waals surface area (Å²) in [6.45, 7) is 5.72. The molecule has 220 valence electrons. The zero-order valence-corrected chi connectivity index (χ0v) is 23.4. The summed E-state index contributed by atoms with van der Waals surface area (Å²) < 4.78 is 5.21. The Kier molecular flexibility index (Phi) is 8.92. The van der Waals surface area contributed by atoms with Crippen molar-refractivity contribution in [1.29, 1.82) is 0 Å². The van der Waals surface area contributed by atoms with Crippen LogP contribution in [0.4, 0.5) is 4.79 Å². The molecule has 0 saturated heterocycles. The highest BCUT2D eigenvalue weighted by atomic mass is 16.6. The highest BCUT2D eigenvalue weighted by Gasteiger charge is 2.75. The molecule has 4 aliphatic carbocycles. The van der Waals surface area contributed by atoms with Crippen LogP contribution in [0.3, 0.4) is 0 Å². The van der Waals surface area contributed by atoms with Crippen molar-refractivity contribution in [2.24, 2.45) is 16.2 Å². The van der Waals surface area contributed by atoms with E-state index in [9.17, 15) is 39.3 Å². The molecule has 0 aromatic carbocycles. The molecule has 39 heavy (non-hydrogen) atoms. The van der Waals surface area contributed by atoms with E-state index in [0.717, 1.165) is 0 Å². The van der Waals surface area contributed by atoms with Gasteiger partial charge >= 0.3 is 24.0 Å². The summed E-state index contributed by atoms with van der Waals surface area (Å²) in [5, 5.41) is 34.3. The van der Waals surface area contributed by atoms with E-state index >= 15 is 0 Å². The predicted octanol–water partition coefficient (Wildman–Crippen LogP) is 4.08. The molecule has 0 heterocycles. The monoisotopic (exact) mass is 552 g/mol. The lowest BCUT2D eigenvalue weighted by Crippen LogP contribution is -2.54. The Bertz CT molecular complexity index is 952. The maximum atomic E-state index is 13.1. The van der Waals surface area contributed by atoms with Crippen molar-refractivity contribution >= 4 is 29.9 Å². The number of hydrogen-bond acceptors (Lipinski definition) is 6. The van der Waals surface area contributed by atoms with E-state index in [4.69, 9.17) is 4.74 Å². The van der Waals surface area contributed by atoms with E-state index in [2.05, 4.69) is 10.6 Å². The van der Waals surface area contributed by atoms with Crippen LogP contribution in [0.15, 0.2) is 0 Å². The molecule has 0 aromatic heterocycles. The normalized spacial score (nSPS) is 30.6. The largest absolute Gasteiger partial charge is 0.481 e. The molecule has 0 radical (unpaired) electrons. The summed E-state index contributed by atoms with van der Waals surface area (Å²) in [4.78, 5) is 59.5. The van der Waals surface area contributed by atoms with Crippen LogP contribution in [0.2, 0.25) is 0 Å². The fourth-order valence-electron chi connectivity index (χ4n) is 8.32. The van der Waals surface area contributed by atoms with Gasteiger partial charge in [-0.2, -0.15) is 0 Å². The zero-order valence-electron chi connectivity index (χ0n) is 23.4. The van der Waals surface area contributed by atoms with E-state index in [1.807, 2.05) is 0 Å². The molecule has 4 aliphatic rings. The fraction of sp³-hybridized carbons (Fsp3) is 0.821. The van der Waals surface area contributed by atoms with E-state index in [-0.39, 0.29) is 37.0 Å². The van der Waals surface area contributed by atoms with Gasteiger partial charge in [0.15, 0.2) is 0 Å². The van der Waals surface area contributed by atoms with Crippen molar-refractivity contribution in [3.8, 4) is 0 Å². The Morgan fingerprint density at radius 3 is 1.72 bits per heavy atom. The molecule has 2 atom stereocenters. The van der Waals surface area contributed by atoms with Gasteiger partial charge in [0.2, 0.25) is 5.91 Å². The molecular formula is C28H44N2O9. The summed E-state index contributed by atoms with van der Waals surface area (Å²) in [7, 11) is 0. The van der Waals surface area contributed by atoms with Gasteiger partial charge in [0.25, 0.3) is 0 Å². The van der Waals surface area contributed by atoms with Crippen LogP contribution in [0.5, 0.6) is 0 Å². The maximum Gasteiger partial charge on any atom is 0.407 e. The van der Waals surface area contributed by atoms with Crippen molar-refractivity contribution in [2.45, 2.75) is 122 Å². The van der Waals surface area contributed by atoms with Gasteiger partial charge in [0.1, 0.15) is 5.60 Å². The third-order valence-corrected chi connectivity index (χ3v) is 9.03. The second kappa shape index (κ2) is 11.3. The van der Waals surface area contributed by atoms with Crippen molar-refractivity contribution in [2.75, 3.05) is 6.54 Å². The van der Waals surface area contributed by atoms with Gasteiger partial charge in [0, 0.05) is 37.8 Å². The average Bonchev–Trinajstić information content (AvgIpc) is 3.09. The molecule has 11 heteroatoms. The number of alkyl carbamates (subject to hydrolysis) is 1. The van der Waals surface area contributed by atoms with E-state index < -0.39 is 46.0 Å². The molecule has 0 spiro atoms. The summed E-state index contributed by atoms with van der Waals surface area (Å²) in [6.07, 6.45) is 5.17. The SMILES string of the molecule is CC(C)(C)OC(=O)NCCCCC(=O)NC12CC3(CCC(=O)O)CC(CCC(=O)O)(C1)C(CCC(=O)O)(C3)C2. The molecule has 4 rings (SSSR count). The van der Waals surface area contributed by atoms with Gasteiger partial charge in [-0.25, -0.2) is 4.79 Å². The van der Waals surface area contributed by atoms with Crippen LogP contribution in [0.25, 0.3) is 0 Å². The van der Waals surface area contributed by atoms with Crippen LogP contribution >= 0.6 is 0 Å². The Labute approximate surface area is 229 Å². The molecule has 2 amide bonds. The number of hydrogen-bond donors (Lipinski definition) is 5. The number of aliphatic carboxylic acids is 3. The zero-order chi connectivity index (χ0) is 29.1. The van der Waals surface area contributed by atoms with Gasteiger partial charge in [-0.15, -0.1) is 0 Å². The van der Waals surface area contributed by atoms with Crippen molar-refractivity contribution < 1.29 is 44.0 Å². The number of nitrogens with one attached hydrogen (secondary N) is 2. The van der Waals surface area contributed by atoms with Crippen LogP contribution in [-0.4, -0.2) is 62.9 Å². The van der Waals surface area contributed by atoms with Crippen molar-refractivity contribution in [3.63, 3.8) is 0 Å². The number of unbranched alkanes of at least 4 members (excludes halogenated alkanes) is 1. The number of carbonyl (C=O) groups is 5. The summed E-state index contributed by atoms with van der Waals surface area (Å²) in [5.74, 6) is -2.86. The lowest BCUT2D eigenvalue weighted by Gasteiger charge is -2.49. The third kappa shape index (κ3) is 7.42. The highest BCUT2D eigenvalue weighted by Crippen LogP contribution is 2.80. The minimum atomic E-state index is -0.915. The molecular weight excluding hydrogens is 508 g/mol. The second-order valence-corrected chi connectivity index (χ2v) is 13.3. The first-order valence-electron chi connectivity index (χ1n) is 14.0. The number of carboxylic acids is 3. The standard InChI is InChI=1S/C28H44N2O9/c1-24(2,3)39-23(38)29-13-5-4-6-19(31)30-28-16-25(10-7-20(32)33)14-26(17-28,11-8-21(34)35)27(15-25,18-28)12-9-22(36)37/h4-18H2,1-3H3,(H,29,38)(H,30,31)(H,32,33)(H,34,35)(H,36,37). The fourth-order valence-corrected chi connectivity index (χ4v) is 8.32. The molecule has 4 fully saturated rings. The number of ether oxygens (including phenoxy) is 1. The number of carboxylic acid groups (broad SMARTS) is 3. The second-order valence-electron chi connectivity index (χ2n) is 13.3. The number of amides is 2. The maximum absolute atomic E-state index is 13.1. The lowest BCUT2D eigenvalue weighted by molar-refractivity contribution is -0.140. The first-order valence-corrected chi connectivity index (χ1v) is 14.0. The van der Waals surface area contributed by atoms with Crippen molar-refractivity contribution in [1.82, 2.24) is 10.6 Å².